The molecule has 1 aliphatic rings. The molecule has 1 aliphatic heterocycles. The van der Waals surface area contributed by atoms with Crippen LogP contribution >= 0.6 is 0 Å². The molecule has 1 unspecified atom stereocenters. The first-order valence-electron chi connectivity index (χ1n) is 7.24. The van der Waals surface area contributed by atoms with Crippen LogP contribution in [0.5, 0.6) is 0 Å². The molecule has 1 atom stereocenters. The Hall–Kier alpha value is -2.14. The lowest BCUT2D eigenvalue weighted by atomic mass is 10.1. The van der Waals surface area contributed by atoms with Gasteiger partial charge in [-0.2, -0.15) is 0 Å². The maximum absolute atomic E-state index is 12.5. The second kappa shape index (κ2) is 5.69. The minimum atomic E-state index is -0.0401. The van der Waals surface area contributed by atoms with Crippen LogP contribution < -0.4 is 10.6 Å². The molecule has 5 nitrogen and oxygen atoms in total. The molecule has 2 aromatic rings. The van der Waals surface area contributed by atoms with Crippen LogP contribution in [-0.2, 0) is 0 Å². The number of likely N-dealkylation sites (tertiary alicyclic amines) is 1. The first kappa shape index (κ1) is 13.8. The van der Waals surface area contributed by atoms with Crippen LogP contribution in [0.25, 0.3) is 10.8 Å². The zero-order valence-corrected chi connectivity index (χ0v) is 12.4. The summed E-state index contributed by atoms with van der Waals surface area (Å²) in [4.78, 5) is 19.1. The molecule has 21 heavy (non-hydrogen) atoms. The van der Waals surface area contributed by atoms with Gasteiger partial charge in [-0.15, -0.1) is 0 Å². The summed E-state index contributed by atoms with van der Waals surface area (Å²) in [5.74, 6) is 0.754. The number of anilines is 1. The number of likely N-dealkylation sites (N-methyl/N-ethyl adjacent to an activating group) is 1. The molecule has 2 heterocycles. The van der Waals surface area contributed by atoms with Gasteiger partial charge in [0.05, 0.1) is 5.56 Å². The Morgan fingerprint density at radius 2 is 2.10 bits per heavy atom. The summed E-state index contributed by atoms with van der Waals surface area (Å²) in [7, 11) is 3.91. The van der Waals surface area contributed by atoms with Gasteiger partial charge in [-0.25, -0.2) is 4.98 Å². The van der Waals surface area contributed by atoms with Crippen molar-refractivity contribution in [2.24, 2.45) is 0 Å². The number of hydrogen-bond acceptors (Lipinski definition) is 4. The van der Waals surface area contributed by atoms with Gasteiger partial charge >= 0.3 is 0 Å². The summed E-state index contributed by atoms with van der Waals surface area (Å²) >= 11 is 0. The quantitative estimate of drug-likeness (QED) is 0.901. The van der Waals surface area contributed by atoms with Crippen molar-refractivity contribution in [2.75, 3.05) is 32.5 Å². The van der Waals surface area contributed by atoms with E-state index >= 15 is 0 Å². The molecule has 1 amide bonds. The molecule has 3 rings (SSSR count). The summed E-state index contributed by atoms with van der Waals surface area (Å²) in [5, 5.41) is 8.08. The van der Waals surface area contributed by atoms with Crippen LogP contribution in [0.4, 0.5) is 5.82 Å². The third-order valence-corrected chi connectivity index (χ3v) is 4.00. The second-order valence-corrected chi connectivity index (χ2v) is 5.54. The largest absolute Gasteiger partial charge is 0.373 e. The SMILES string of the molecule is CNc1ncc(C(=O)NC2CCN(C)C2)c2ccccc12. The van der Waals surface area contributed by atoms with Crippen LogP contribution in [-0.4, -0.2) is 49.0 Å². The van der Waals surface area contributed by atoms with E-state index in [1.165, 1.54) is 0 Å². The van der Waals surface area contributed by atoms with Crippen molar-refractivity contribution in [3.05, 3.63) is 36.0 Å². The van der Waals surface area contributed by atoms with Gasteiger partial charge in [-0.05, 0) is 25.4 Å². The van der Waals surface area contributed by atoms with E-state index in [2.05, 4.69) is 27.6 Å². The number of benzene rings is 1. The number of rotatable bonds is 3. The van der Waals surface area contributed by atoms with Gasteiger partial charge < -0.3 is 15.5 Å². The molecule has 5 heteroatoms. The van der Waals surface area contributed by atoms with Gasteiger partial charge in [0.2, 0.25) is 0 Å². The fourth-order valence-electron chi connectivity index (χ4n) is 2.89. The molecule has 1 saturated heterocycles. The molecular weight excluding hydrogens is 264 g/mol. The van der Waals surface area contributed by atoms with Crippen molar-refractivity contribution in [1.29, 1.82) is 0 Å². The van der Waals surface area contributed by atoms with E-state index in [0.29, 0.717) is 5.56 Å². The molecule has 1 aromatic heterocycles. The van der Waals surface area contributed by atoms with E-state index in [9.17, 15) is 4.79 Å². The molecule has 1 fully saturated rings. The molecule has 0 saturated carbocycles. The molecule has 0 aliphatic carbocycles. The number of nitrogens with zero attached hydrogens (tertiary/aromatic N) is 2. The lowest BCUT2D eigenvalue weighted by molar-refractivity contribution is 0.0940. The Morgan fingerprint density at radius 3 is 2.76 bits per heavy atom. The summed E-state index contributed by atoms with van der Waals surface area (Å²) in [6.07, 6.45) is 2.66. The number of pyridine rings is 1. The second-order valence-electron chi connectivity index (χ2n) is 5.54. The molecule has 110 valence electrons. The topological polar surface area (TPSA) is 57.3 Å². The molecule has 2 N–H and O–H groups in total. The van der Waals surface area contributed by atoms with Gasteiger partial charge in [-0.3, -0.25) is 4.79 Å². The molecule has 0 spiro atoms. The number of aromatic nitrogens is 1. The van der Waals surface area contributed by atoms with Gasteiger partial charge in [0.15, 0.2) is 0 Å². The number of nitrogens with one attached hydrogen (secondary N) is 2. The van der Waals surface area contributed by atoms with Gasteiger partial charge in [0.1, 0.15) is 5.82 Å². The fourth-order valence-corrected chi connectivity index (χ4v) is 2.89. The minimum absolute atomic E-state index is 0.0401. The first-order chi connectivity index (χ1) is 10.2. The maximum Gasteiger partial charge on any atom is 0.253 e. The van der Waals surface area contributed by atoms with Crippen molar-refractivity contribution in [3.8, 4) is 0 Å². The van der Waals surface area contributed by atoms with Crippen molar-refractivity contribution < 1.29 is 4.79 Å². The normalized spacial score (nSPS) is 18.9. The Balaban J connectivity index is 1.91. The lowest BCUT2D eigenvalue weighted by Crippen LogP contribution is -2.36. The van der Waals surface area contributed by atoms with E-state index in [1.807, 2.05) is 31.3 Å². The molecule has 0 radical (unpaired) electrons. The highest BCUT2D eigenvalue weighted by atomic mass is 16.1. The third kappa shape index (κ3) is 2.69. The van der Waals surface area contributed by atoms with Crippen molar-refractivity contribution in [3.63, 3.8) is 0 Å². The average Bonchev–Trinajstić information content (AvgIpc) is 2.91. The van der Waals surface area contributed by atoms with Crippen molar-refractivity contribution >= 4 is 22.5 Å². The summed E-state index contributed by atoms with van der Waals surface area (Å²) < 4.78 is 0. The van der Waals surface area contributed by atoms with Crippen LogP contribution in [0, 0.1) is 0 Å². The highest BCUT2D eigenvalue weighted by molar-refractivity contribution is 6.09. The zero-order chi connectivity index (χ0) is 14.8. The Bertz CT molecular complexity index is 670. The van der Waals surface area contributed by atoms with E-state index < -0.39 is 0 Å². The van der Waals surface area contributed by atoms with Crippen LogP contribution in [0.15, 0.2) is 30.5 Å². The van der Waals surface area contributed by atoms with Crippen molar-refractivity contribution in [1.82, 2.24) is 15.2 Å². The van der Waals surface area contributed by atoms with Crippen LogP contribution in [0.3, 0.4) is 0 Å². The summed E-state index contributed by atoms with van der Waals surface area (Å²) in [5.41, 5.74) is 0.638. The number of carbonyl (C=O) groups excluding carboxylic acids is 1. The predicted molar refractivity (Wildman–Crippen MR) is 84.7 cm³/mol. The van der Waals surface area contributed by atoms with E-state index in [1.54, 1.807) is 6.20 Å². The van der Waals surface area contributed by atoms with Crippen LogP contribution in [0.2, 0.25) is 0 Å². The maximum atomic E-state index is 12.5. The smallest absolute Gasteiger partial charge is 0.253 e. The number of amides is 1. The first-order valence-corrected chi connectivity index (χ1v) is 7.24. The summed E-state index contributed by atoms with van der Waals surface area (Å²) in [6.45, 7) is 1.94. The molecule has 0 bridgehead atoms. The third-order valence-electron chi connectivity index (χ3n) is 4.00. The van der Waals surface area contributed by atoms with Gasteiger partial charge in [0, 0.05) is 31.2 Å². The Labute approximate surface area is 124 Å². The standard InChI is InChI=1S/C16H20N4O/c1-17-15-13-6-4-3-5-12(13)14(9-18-15)16(21)19-11-7-8-20(2)10-11/h3-6,9,11H,7-8,10H2,1-2H3,(H,17,18)(H,19,21). The lowest BCUT2D eigenvalue weighted by Gasteiger charge is -2.14. The highest BCUT2D eigenvalue weighted by Gasteiger charge is 2.22. The predicted octanol–water partition coefficient (Wildman–Crippen LogP) is 1.71. The van der Waals surface area contributed by atoms with Crippen LogP contribution in [0.1, 0.15) is 16.8 Å². The van der Waals surface area contributed by atoms with E-state index in [0.717, 1.165) is 36.1 Å². The van der Waals surface area contributed by atoms with E-state index in [-0.39, 0.29) is 11.9 Å². The Morgan fingerprint density at radius 1 is 1.33 bits per heavy atom. The van der Waals surface area contributed by atoms with E-state index in [4.69, 9.17) is 0 Å². The monoisotopic (exact) mass is 284 g/mol. The summed E-state index contributed by atoms with van der Waals surface area (Å²) in [6, 6.07) is 8.08. The highest BCUT2D eigenvalue weighted by Crippen LogP contribution is 2.24. The average molecular weight is 284 g/mol. The number of fused-ring (bicyclic) bond motifs is 1. The number of hydrogen-bond donors (Lipinski definition) is 2. The van der Waals surface area contributed by atoms with Gasteiger partial charge in [-0.1, -0.05) is 24.3 Å². The zero-order valence-electron chi connectivity index (χ0n) is 12.4. The minimum Gasteiger partial charge on any atom is -0.373 e. The molecule has 1 aromatic carbocycles. The fraction of sp³-hybridized carbons (Fsp3) is 0.375. The van der Waals surface area contributed by atoms with Crippen molar-refractivity contribution in [2.45, 2.75) is 12.5 Å². The van der Waals surface area contributed by atoms with Gasteiger partial charge in [0.25, 0.3) is 5.91 Å². The molecular formula is C16H20N4O. The Kier molecular flexibility index (Phi) is 3.75. The number of carbonyl (C=O) groups is 1.